The first-order chi connectivity index (χ1) is 9.78. The van der Waals surface area contributed by atoms with E-state index in [-0.39, 0.29) is 0 Å². The van der Waals surface area contributed by atoms with Gasteiger partial charge in [0.2, 0.25) is 5.88 Å². The predicted octanol–water partition coefficient (Wildman–Crippen LogP) is 3.92. The van der Waals surface area contributed by atoms with Crippen molar-refractivity contribution in [3.8, 4) is 5.88 Å². The molecule has 20 heavy (non-hydrogen) atoms. The summed E-state index contributed by atoms with van der Waals surface area (Å²) in [6.07, 6.45) is 2.93. The van der Waals surface area contributed by atoms with E-state index < -0.39 is 0 Å². The van der Waals surface area contributed by atoms with Gasteiger partial charge in [-0.25, -0.2) is 4.98 Å². The fourth-order valence-electron chi connectivity index (χ4n) is 1.79. The second-order valence-corrected chi connectivity index (χ2v) is 5.51. The zero-order chi connectivity index (χ0) is 14.2. The Balaban J connectivity index is 1.89. The summed E-state index contributed by atoms with van der Waals surface area (Å²) in [5.41, 5.74) is 2.32. The summed E-state index contributed by atoms with van der Waals surface area (Å²) in [6, 6.07) is 12.1. The summed E-state index contributed by atoms with van der Waals surface area (Å²) in [7, 11) is 0. The van der Waals surface area contributed by atoms with E-state index in [9.17, 15) is 0 Å². The molecule has 1 N–H and O–H groups in total. The van der Waals surface area contributed by atoms with Crippen LogP contribution in [0.25, 0.3) is 0 Å². The molecule has 2 aromatic rings. The van der Waals surface area contributed by atoms with E-state index in [0.29, 0.717) is 12.5 Å². The molecule has 1 aromatic heterocycles. The van der Waals surface area contributed by atoms with Gasteiger partial charge in [0.15, 0.2) is 0 Å². The van der Waals surface area contributed by atoms with Gasteiger partial charge < -0.3 is 10.1 Å². The lowest BCUT2D eigenvalue weighted by Crippen LogP contribution is -2.13. The number of benzene rings is 1. The zero-order valence-electron chi connectivity index (χ0n) is 11.6. The van der Waals surface area contributed by atoms with Gasteiger partial charge in [-0.15, -0.1) is 0 Å². The Hall–Kier alpha value is -1.39. The summed E-state index contributed by atoms with van der Waals surface area (Å²) in [6.45, 7) is 4.57. The number of hydrogen-bond donors (Lipinski definition) is 1. The van der Waals surface area contributed by atoms with Crippen LogP contribution in [-0.4, -0.2) is 11.5 Å². The Bertz CT molecular complexity index is 528. The molecule has 0 radical (unpaired) electrons. The van der Waals surface area contributed by atoms with Crippen molar-refractivity contribution in [2.24, 2.45) is 0 Å². The number of nitrogens with zero attached hydrogens (tertiary/aromatic N) is 1. The molecular formula is C16H19BrN2O. The summed E-state index contributed by atoms with van der Waals surface area (Å²) in [5, 5.41) is 3.37. The van der Waals surface area contributed by atoms with Crippen molar-refractivity contribution in [2.45, 2.75) is 26.5 Å². The number of halogens is 1. The van der Waals surface area contributed by atoms with E-state index in [0.717, 1.165) is 29.5 Å². The Morgan fingerprint density at radius 1 is 1.15 bits per heavy atom. The highest BCUT2D eigenvalue weighted by Gasteiger charge is 2.00. The van der Waals surface area contributed by atoms with E-state index in [4.69, 9.17) is 4.74 Å². The molecule has 0 spiro atoms. The number of nitrogens with one attached hydrogen (secondary N) is 1. The van der Waals surface area contributed by atoms with Crippen molar-refractivity contribution in [2.75, 3.05) is 6.54 Å². The van der Waals surface area contributed by atoms with Crippen LogP contribution in [0.4, 0.5) is 0 Å². The minimum Gasteiger partial charge on any atom is -0.473 e. The maximum Gasteiger partial charge on any atom is 0.213 e. The van der Waals surface area contributed by atoms with Gasteiger partial charge in [-0.1, -0.05) is 35.0 Å². The smallest absolute Gasteiger partial charge is 0.213 e. The van der Waals surface area contributed by atoms with Crippen LogP contribution in [-0.2, 0) is 13.2 Å². The molecule has 0 saturated carbocycles. The maximum absolute atomic E-state index is 5.72. The summed E-state index contributed by atoms with van der Waals surface area (Å²) in [4.78, 5) is 4.24. The van der Waals surface area contributed by atoms with Gasteiger partial charge in [0.05, 0.1) is 0 Å². The first-order valence-electron chi connectivity index (χ1n) is 6.81. The number of hydrogen-bond acceptors (Lipinski definition) is 3. The van der Waals surface area contributed by atoms with Crippen LogP contribution in [0, 0.1) is 0 Å². The lowest BCUT2D eigenvalue weighted by Gasteiger charge is -2.08. The molecule has 1 heterocycles. The average Bonchev–Trinajstić information content (AvgIpc) is 2.47. The van der Waals surface area contributed by atoms with Gasteiger partial charge in [-0.05, 0) is 42.3 Å². The Kier molecular flexibility index (Phi) is 6.02. The second kappa shape index (κ2) is 8.02. The molecule has 0 unspecified atom stereocenters. The first kappa shape index (κ1) is 15.0. The average molecular weight is 335 g/mol. The first-order valence-corrected chi connectivity index (χ1v) is 7.60. The molecule has 0 aliphatic rings. The highest BCUT2D eigenvalue weighted by atomic mass is 79.9. The Labute approximate surface area is 128 Å². The molecule has 2 rings (SSSR count). The molecule has 3 nitrogen and oxygen atoms in total. The Morgan fingerprint density at radius 3 is 2.70 bits per heavy atom. The van der Waals surface area contributed by atoms with Crippen LogP contribution in [0.5, 0.6) is 5.88 Å². The van der Waals surface area contributed by atoms with Gasteiger partial charge in [0.1, 0.15) is 6.61 Å². The van der Waals surface area contributed by atoms with Crippen LogP contribution >= 0.6 is 15.9 Å². The van der Waals surface area contributed by atoms with Crippen molar-refractivity contribution in [3.05, 3.63) is 58.2 Å². The molecule has 0 saturated heterocycles. The van der Waals surface area contributed by atoms with Gasteiger partial charge in [-0.2, -0.15) is 0 Å². The van der Waals surface area contributed by atoms with E-state index >= 15 is 0 Å². The highest BCUT2D eigenvalue weighted by Crippen LogP contribution is 2.14. The predicted molar refractivity (Wildman–Crippen MR) is 84.7 cm³/mol. The molecule has 4 heteroatoms. The topological polar surface area (TPSA) is 34.2 Å². The summed E-state index contributed by atoms with van der Waals surface area (Å²) >= 11 is 3.42. The zero-order valence-corrected chi connectivity index (χ0v) is 13.2. The van der Waals surface area contributed by atoms with E-state index in [1.165, 1.54) is 5.56 Å². The minimum atomic E-state index is 0.534. The third kappa shape index (κ3) is 4.94. The molecule has 0 atom stereocenters. The van der Waals surface area contributed by atoms with Crippen LogP contribution in [0.2, 0.25) is 0 Å². The van der Waals surface area contributed by atoms with Crippen molar-refractivity contribution >= 4 is 15.9 Å². The number of aromatic nitrogens is 1. The molecule has 1 aromatic carbocycles. The molecule has 0 aliphatic heterocycles. The third-order valence-electron chi connectivity index (χ3n) is 2.86. The van der Waals surface area contributed by atoms with E-state index in [1.54, 1.807) is 6.20 Å². The van der Waals surface area contributed by atoms with E-state index in [2.05, 4.69) is 33.2 Å². The van der Waals surface area contributed by atoms with Crippen LogP contribution < -0.4 is 10.1 Å². The SMILES string of the molecule is CCCNCc1ccnc(OCc2ccc(Br)cc2)c1. The largest absolute Gasteiger partial charge is 0.473 e. The fourth-order valence-corrected chi connectivity index (χ4v) is 2.05. The normalized spacial score (nSPS) is 10.5. The number of rotatable bonds is 7. The minimum absolute atomic E-state index is 0.534. The quantitative estimate of drug-likeness (QED) is 0.779. The number of pyridine rings is 1. The van der Waals surface area contributed by atoms with Crippen molar-refractivity contribution < 1.29 is 4.74 Å². The Morgan fingerprint density at radius 2 is 1.95 bits per heavy atom. The van der Waals surface area contributed by atoms with Crippen LogP contribution in [0.1, 0.15) is 24.5 Å². The van der Waals surface area contributed by atoms with Crippen LogP contribution in [0.15, 0.2) is 47.1 Å². The van der Waals surface area contributed by atoms with Crippen LogP contribution in [0.3, 0.4) is 0 Å². The molecule has 0 aliphatic carbocycles. The van der Waals surface area contributed by atoms with Crippen molar-refractivity contribution in [1.29, 1.82) is 0 Å². The third-order valence-corrected chi connectivity index (χ3v) is 3.38. The van der Waals surface area contributed by atoms with Gasteiger partial charge in [0, 0.05) is 23.3 Å². The fraction of sp³-hybridized carbons (Fsp3) is 0.312. The van der Waals surface area contributed by atoms with Gasteiger partial charge in [0.25, 0.3) is 0 Å². The standard InChI is InChI=1S/C16H19BrN2O/c1-2-8-18-11-14-7-9-19-16(10-14)20-12-13-3-5-15(17)6-4-13/h3-7,9-10,18H,2,8,11-12H2,1H3. The lowest BCUT2D eigenvalue weighted by molar-refractivity contribution is 0.293. The second-order valence-electron chi connectivity index (χ2n) is 4.59. The molecule has 106 valence electrons. The molecule has 0 amide bonds. The number of ether oxygens (including phenoxy) is 1. The van der Waals surface area contributed by atoms with Crippen molar-refractivity contribution in [1.82, 2.24) is 10.3 Å². The molecule has 0 fully saturated rings. The molecular weight excluding hydrogens is 316 g/mol. The van der Waals surface area contributed by atoms with Crippen molar-refractivity contribution in [3.63, 3.8) is 0 Å². The summed E-state index contributed by atoms with van der Waals surface area (Å²) in [5.74, 6) is 0.670. The lowest BCUT2D eigenvalue weighted by atomic mass is 10.2. The van der Waals surface area contributed by atoms with Gasteiger partial charge >= 0.3 is 0 Å². The van der Waals surface area contributed by atoms with Gasteiger partial charge in [-0.3, -0.25) is 0 Å². The monoisotopic (exact) mass is 334 g/mol. The maximum atomic E-state index is 5.72. The van der Waals surface area contributed by atoms with E-state index in [1.807, 2.05) is 36.4 Å². The summed E-state index contributed by atoms with van der Waals surface area (Å²) < 4.78 is 6.80. The highest BCUT2D eigenvalue weighted by molar-refractivity contribution is 9.10. The molecule has 0 bridgehead atoms.